The number of aldehydes is 1. The van der Waals surface area contributed by atoms with Gasteiger partial charge in [-0.15, -0.1) is 0 Å². The molecule has 11 nitrogen and oxygen atoms in total. The number of aromatic nitrogens is 2. The van der Waals surface area contributed by atoms with Gasteiger partial charge in [0.1, 0.15) is 29.1 Å². The zero-order chi connectivity index (χ0) is 34.2. The van der Waals surface area contributed by atoms with Gasteiger partial charge in [0.25, 0.3) is 11.8 Å². The van der Waals surface area contributed by atoms with E-state index < -0.39 is 0 Å². The first-order valence-corrected chi connectivity index (χ1v) is 16.6. The molecule has 1 fully saturated rings. The fourth-order valence-corrected chi connectivity index (χ4v) is 6.00. The van der Waals surface area contributed by atoms with E-state index in [1.165, 1.54) is 7.11 Å². The van der Waals surface area contributed by atoms with Gasteiger partial charge in [0, 0.05) is 45.2 Å². The summed E-state index contributed by atoms with van der Waals surface area (Å²) in [4.78, 5) is 52.7. The number of nitrogens with one attached hydrogen (secondary N) is 2. The van der Waals surface area contributed by atoms with Crippen molar-refractivity contribution < 1.29 is 23.9 Å². The maximum absolute atomic E-state index is 13.7. The molecular formula is C37H46N6O5. The predicted octanol–water partition coefficient (Wildman–Crippen LogP) is 5.34. The number of carbonyl (C=O) groups is 3. The summed E-state index contributed by atoms with van der Waals surface area (Å²) in [6, 6.07) is 16.1. The van der Waals surface area contributed by atoms with E-state index in [2.05, 4.69) is 32.1 Å². The van der Waals surface area contributed by atoms with Crippen LogP contribution in [-0.4, -0.2) is 97.9 Å². The Bertz CT molecular complexity index is 1750. The van der Waals surface area contributed by atoms with Crippen molar-refractivity contribution in [1.29, 1.82) is 0 Å². The molecule has 0 spiro atoms. The minimum Gasteiger partial charge on any atom is -0.495 e. The second-order valence-corrected chi connectivity index (χ2v) is 12.3. The number of unbranched alkanes of at least 4 members (excludes halogenated alkanes) is 1. The third-order valence-electron chi connectivity index (χ3n) is 8.93. The summed E-state index contributed by atoms with van der Waals surface area (Å²) in [5.74, 6) is 1.20. The van der Waals surface area contributed by atoms with Crippen LogP contribution in [0, 0.1) is 6.92 Å². The van der Waals surface area contributed by atoms with E-state index in [0.717, 1.165) is 75.1 Å². The second kappa shape index (κ2) is 15.9. The molecule has 1 unspecified atom stereocenters. The molecule has 3 aromatic carbocycles. The van der Waals surface area contributed by atoms with Crippen LogP contribution in [0.3, 0.4) is 0 Å². The van der Waals surface area contributed by atoms with E-state index in [1.54, 1.807) is 36.2 Å². The number of aryl methyl sites for hydroxylation is 2. The molecule has 1 atom stereocenters. The molecule has 4 aromatic rings. The molecule has 1 aliphatic rings. The Labute approximate surface area is 282 Å². The Morgan fingerprint density at radius 3 is 2.58 bits per heavy atom. The molecule has 48 heavy (non-hydrogen) atoms. The molecule has 1 aliphatic heterocycles. The summed E-state index contributed by atoms with van der Waals surface area (Å²) < 4.78 is 11.8. The minimum absolute atomic E-state index is 0.0619. The molecule has 254 valence electrons. The first kappa shape index (κ1) is 34.6. The summed E-state index contributed by atoms with van der Waals surface area (Å²) in [6.45, 7) is 8.24. The molecule has 0 aliphatic carbocycles. The molecule has 1 saturated heterocycles. The van der Waals surface area contributed by atoms with Crippen molar-refractivity contribution in [1.82, 2.24) is 19.8 Å². The number of hydrogen-bond donors (Lipinski definition) is 2. The summed E-state index contributed by atoms with van der Waals surface area (Å²) >= 11 is 0. The monoisotopic (exact) mass is 654 g/mol. The number of anilines is 2. The lowest BCUT2D eigenvalue weighted by atomic mass is 10.1. The number of rotatable bonds is 14. The highest BCUT2D eigenvalue weighted by molar-refractivity contribution is 6.12. The maximum Gasteiger partial charge on any atom is 0.258 e. The van der Waals surface area contributed by atoms with Crippen LogP contribution >= 0.6 is 0 Å². The van der Waals surface area contributed by atoms with Gasteiger partial charge < -0.3 is 34.4 Å². The number of hydrogen-bond acceptors (Lipinski definition) is 8. The normalized spacial score (nSPS) is 14.4. The van der Waals surface area contributed by atoms with E-state index in [4.69, 9.17) is 9.47 Å². The SMILES string of the molecule is CCc1nc2c(C(=O)Nc3ccc(C(=O)N(C)c4ccc(C)cc4OCCCCC(C=O)N4CCN(C)CC4)cc3OC)cccc2[nH]1. The molecule has 0 bridgehead atoms. The zero-order valence-corrected chi connectivity index (χ0v) is 28.5. The highest BCUT2D eigenvalue weighted by Gasteiger charge is 2.23. The number of fused-ring (bicyclic) bond motifs is 1. The van der Waals surface area contributed by atoms with Crippen LogP contribution in [0.25, 0.3) is 11.0 Å². The van der Waals surface area contributed by atoms with Gasteiger partial charge >= 0.3 is 0 Å². The van der Waals surface area contributed by atoms with Gasteiger partial charge in [0.05, 0.1) is 42.2 Å². The van der Waals surface area contributed by atoms with Crippen LogP contribution in [0.5, 0.6) is 11.5 Å². The number of ether oxygens (including phenoxy) is 2. The number of amides is 2. The van der Waals surface area contributed by atoms with Gasteiger partial charge in [-0.25, -0.2) is 4.98 Å². The molecule has 11 heteroatoms. The van der Waals surface area contributed by atoms with E-state index in [0.29, 0.717) is 46.1 Å². The Kier molecular flexibility index (Phi) is 11.5. The third-order valence-corrected chi connectivity index (χ3v) is 8.93. The van der Waals surface area contributed by atoms with Gasteiger partial charge in [-0.05, 0) is 81.3 Å². The fraction of sp³-hybridized carbons (Fsp3) is 0.405. The molecule has 1 aromatic heterocycles. The quantitative estimate of drug-likeness (QED) is 0.138. The van der Waals surface area contributed by atoms with Crippen LogP contribution < -0.4 is 19.7 Å². The van der Waals surface area contributed by atoms with E-state index in [-0.39, 0.29) is 17.9 Å². The average Bonchev–Trinajstić information content (AvgIpc) is 3.54. The first-order valence-electron chi connectivity index (χ1n) is 16.6. The molecule has 0 saturated carbocycles. The summed E-state index contributed by atoms with van der Waals surface area (Å²) in [5, 5.41) is 2.92. The van der Waals surface area contributed by atoms with E-state index in [9.17, 15) is 14.4 Å². The van der Waals surface area contributed by atoms with Crippen molar-refractivity contribution in [2.24, 2.45) is 0 Å². The number of nitrogens with zero attached hydrogens (tertiary/aromatic N) is 4. The fourth-order valence-electron chi connectivity index (χ4n) is 6.00. The lowest BCUT2D eigenvalue weighted by Gasteiger charge is -2.35. The number of carbonyl (C=O) groups excluding carboxylic acids is 3. The minimum atomic E-state index is -0.327. The smallest absolute Gasteiger partial charge is 0.258 e. The Hall–Kier alpha value is -4.74. The number of para-hydroxylation sites is 1. The van der Waals surface area contributed by atoms with Gasteiger partial charge in [0.2, 0.25) is 0 Å². The second-order valence-electron chi connectivity index (χ2n) is 12.3. The lowest BCUT2D eigenvalue weighted by molar-refractivity contribution is -0.113. The lowest BCUT2D eigenvalue weighted by Crippen LogP contribution is -2.49. The van der Waals surface area contributed by atoms with Crippen LogP contribution in [0.15, 0.2) is 54.6 Å². The Morgan fingerprint density at radius 2 is 1.85 bits per heavy atom. The topological polar surface area (TPSA) is 120 Å². The number of piperazine rings is 1. The van der Waals surface area contributed by atoms with Crippen molar-refractivity contribution in [2.75, 3.05) is 64.2 Å². The summed E-state index contributed by atoms with van der Waals surface area (Å²) in [6.07, 6.45) is 4.26. The number of methoxy groups -OCH3 is 1. The average molecular weight is 655 g/mol. The van der Waals surface area contributed by atoms with Crippen molar-refractivity contribution in [3.63, 3.8) is 0 Å². The van der Waals surface area contributed by atoms with Crippen molar-refractivity contribution >= 4 is 40.5 Å². The molecule has 2 N–H and O–H groups in total. The largest absolute Gasteiger partial charge is 0.495 e. The summed E-state index contributed by atoms with van der Waals surface area (Å²) in [5.41, 5.74) is 4.33. The van der Waals surface area contributed by atoms with E-state index in [1.807, 2.05) is 44.2 Å². The van der Waals surface area contributed by atoms with Crippen molar-refractivity contribution in [2.45, 2.75) is 45.6 Å². The number of aromatic amines is 1. The number of likely N-dealkylation sites (N-methyl/N-ethyl adjacent to an activating group) is 1. The number of H-pyrrole nitrogens is 1. The number of imidazole rings is 1. The standard InChI is InChI=1S/C37H46N6O5/c1-6-34-38-30-12-9-11-28(35(30)40-34)36(45)39-29-15-14-26(23-32(29)47-5)37(46)42(4)31-16-13-25(2)22-33(31)48-21-8-7-10-27(24-44)43-19-17-41(3)18-20-43/h9,11-16,22-24,27H,6-8,10,17-21H2,1-5H3,(H,38,40)(H,39,45). The summed E-state index contributed by atoms with van der Waals surface area (Å²) in [7, 11) is 5.32. The van der Waals surface area contributed by atoms with Crippen LogP contribution in [0.2, 0.25) is 0 Å². The Balaban J connectivity index is 1.22. The molecular weight excluding hydrogens is 608 g/mol. The van der Waals surface area contributed by atoms with Crippen LogP contribution in [-0.2, 0) is 11.2 Å². The van der Waals surface area contributed by atoms with Crippen LogP contribution in [0.1, 0.15) is 58.3 Å². The predicted molar refractivity (Wildman–Crippen MR) is 189 cm³/mol. The Morgan fingerprint density at radius 1 is 1.06 bits per heavy atom. The van der Waals surface area contributed by atoms with Crippen LogP contribution in [0.4, 0.5) is 11.4 Å². The molecule has 5 rings (SSSR count). The zero-order valence-electron chi connectivity index (χ0n) is 28.5. The van der Waals surface area contributed by atoms with Gasteiger partial charge in [-0.1, -0.05) is 19.1 Å². The molecule has 2 amide bonds. The number of benzene rings is 3. The molecule has 0 radical (unpaired) electrons. The van der Waals surface area contributed by atoms with Crippen molar-refractivity contribution in [3.05, 3.63) is 77.1 Å². The van der Waals surface area contributed by atoms with E-state index >= 15 is 0 Å². The van der Waals surface area contributed by atoms with Gasteiger partial charge in [-0.3, -0.25) is 14.5 Å². The molecule has 2 heterocycles. The first-order chi connectivity index (χ1) is 23.2. The highest BCUT2D eigenvalue weighted by atomic mass is 16.5. The van der Waals surface area contributed by atoms with Crippen molar-refractivity contribution in [3.8, 4) is 11.5 Å². The third kappa shape index (κ3) is 8.03. The maximum atomic E-state index is 13.7. The highest BCUT2D eigenvalue weighted by Crippen LogP contribution is 2.32. The van der Waals surface area contributed by atoms with Gasteiger partial charge in [-0.2, -0.15) is 0 Å². The van der Waals surface area contributed by atoms with Gasteiger partial charge in [0.15, 0.2) is 0 Å².